The minimum absolute atomic E-state index is 0.0805. The Bertz CT molecular complexity index is 431. The SMILES string of the molecule is Cc1ccc2c(c1)C(NCCOCC(F)(F)F)CC2. The van der Waals surface area contributed by atoms with Crippen LogP contribution in [0.25, 0.3) is 0 Å². The Labute approximate surface area is 111 Å². The molecule has 0 radical (unpaired) electrons. The van der Waals surface area contributed by atoms with Crippen LogP contribution >= 0.6 is 0 Å². The van der Waals surface area contributed by atoms with Gasteiger partial charge in [0.1, 0.15) is 6.61 Å². The second kappa shape index (κ2) is 5.92. The summed E-state index contributed by atoms with van der Waals surface area (Å²) in [5.41, 5.74) is 3.82. The van der Waals surface area contributed by atoms with Crippen LogP contribution in [0.1, 0.15) is 29.2 Å². The number of halogens is 3. The molecule has 19 heavy (non-hydrogen) atoms. The molecule has 1 aliphatic carbocycles. The van der Waals surface area contributed by atoms with E-state index in [4.69, 9.17) is 0 Å². The van der Waals surface area contributed by atoms with Crippen molar-refractivity contribution in [1.82, 2.24) is 5.32 Å². The Morgan fingerprint density at radius 3 is 2.89 bits per heavy atom. The number of hydrogen-bond acceptors (Lipinski definition) is 2. The smallest absolute Gasteiger partial charge is 0.371 e. The van der Waals surface area contributed by atoms with Crippen LogP contribution in [0.4, 0.5) is 13.2 Å². The van der Waals surface area contributed by atoms with Gasteiger partial charge in [0.2, 0.25) is 0 Å². The maximum absolute atomic E-state index is 11.9. The van der Waals surface area contributed by atoms with E-state index in [0.717, 1.165) is 12.8 Å². The van der Waals surface area contributed by atoms with Crippen molar-refractivity contribution in [2.45, 2.75) is 32.0 Å². The Hall–Kier alpha value is -1.07. The molecule has 106 valence electrons. The van der Waals surface area contributed by atoms with Crippen LogP contribution in [0, 0.1) is 6.92 Å². The standard InChI is InChI=1S/C14H18F3NO/c1-10-2-3-11-4-5-13(12(11)8-10)18-6-7-19-9-14(15,16)17/h2-3,8,13,18H,4-7,9H2,1H3. The van der Waals surface area contributed by atoms with E-state index in [1.165, 1.54) is 16.7 Å². The van der Waals surface area contributed by atoms with Gasteiger partial charge in [-0.3, -0.25) is 0 Å². The van der Waals surface area contributed by atoms with Gasteiger partial charge in [0, 0.05) is 12.6 Å². The van der Waals surface area contributed by atoms with Gasteiger partial charge < -0.3 is 10.1 Å². The van der Waals surface area contributed by atoms with Gasteiger partial charge in [-0.15, -0.1) is 0 Å². The highest BCUT2D eigenvalue weighted by Gasteiger charge is 2.27. The summed E-state index contributed by atoms with van der Waals surface area (Å²) in [6.45, 7) is 1.39. The van der Waals surface area contributed by atoms with Crippen LogP contribution in [-0.2, 0) is 11.2 Å². The summed E-state index contributed by atoms with van der Waals surface area (Å²) < 4.78 is 40.2. The molecule has 1 aromatic rings. The van der Waals surface area contributed by atoms with E-state index in [0.29, 0.717) is 6.54 Å². The average molecular weight is 273 g/mol. The van der Waals surface area contributed by atoms with E-state index < -0.39 is 12.8 Å². The molecule has 1 atom stereocenters. The molecule has 0 saturated heterocycles. The zero-order chi connectivity index (χ0) is 13.9. The maximum atomic E-state index is 11.9. The predicted octanol–water partition coefficient (Wildman–Crippen LogP) is 3.15. The first-order valence-corrected chi connectivity index (χ1v) is 6.43. The summed E-state index contributed by atoms with van der Waals surface area (Å²) in [5.74, 6) is 0. The molecule has 1 N–H and O–H groups in total. The number of rotatable bonds is 5. The van der Waals surface area contributed by atoms with Gasteiger partial charge in [0.15, 0.2) is 0 Å². The Morgan fingerprint density at radius 2 is 2.16 bits per heavy atom. The van der Waals surface area contributed by atoms with E-state index in [-0.39, 0.29) is 12.6 Å². The van der Waals surface area contributed by atoms with Gasteiger partial charge in [-0.05, 0) is 30.9 Å². The third-order valence-electron chi connectivity index (χ3n) is 3.28. The molecule has 0 fully saturated rings. The second-order valence-electron chi connectivity index (χ2n) is 4.92. The van der Waals surface area contributed by atoms with E-state index in [1.807, 2.05) is 6.92 Å². The van der Waals surface area contributed by atoms with Gasteiger partial charge in [0.25, 0.3) is 0 Å². The number of nitrogens with one attached hydrogen (secondary N) is 1. The molecule has 1 unspecified atom stereocenters. The highest BCUT2D eigenvalue weighted by molar-refractivity contribution is 5.37. The minimum Gasteiger partial charge on any atom is -0.371 e. The molecule has 5 heteroatoms. The van der Waals surface area contributed by atoms with Crippen molar-refractivity contribution < 1.29 is 17.9 Å². The fourth-order valence-corrected chi connectivity index (χ4v) is 2.43. The Kier molecular flexibility index (Phi) is 4.47. The first kappa shape index (κ1) is 14.3. The molecule has 0 aromatic heterocycles. The Morgan fingerprint density at radius 1 is 1.37 bits per heavy atom. The largest absolute Gasteiger partial charge is 0.411 e. The normalized spacial score (nSPS) is 18.6. The summed E-state index contributed by atoms with van der Waals surface area (Å²) in [5, 5.41) is 3.26. The van der Waals surface area contributed by atoms with Crippen LogP contribution in [0.2, 0.25) is 0 Å². The molecule has 2 nitrogen and oxygen atoms in total. The summed E-state index contributed by atoms with van der Waals surface area (Å²) in [7, 11) is 0. The lowest BCUT2D eigenvalue weighted by molar-refractivity contribution is -0.173. The van der Waals surface area contributed by atoms with Crippen molar-refractivity contribution in [3.63, 3.8) is 0 Å². The second-order valence-corrected chi connectivity index (χ2v) is 4.92. The summed E-state index contributed by atoms with van der Waals surface area (Å²) in [4.78, 5) is 0. The summed E-state index contributed by atoms with van der Waals surface area (Å²) in [6.07, 6.45) is -2.22. The van der Waals surface area contributed by atoms with E-state index >= 15 is 0 Å². The number of alkyl halides is 3. The van der Waals surface area contributed by atoms with Crippen molar-refractivity contribution in [3.05, 3.63) is 34.9 Å². The van der Waals surface area contributed by atoms with Gasteiger partial charge in [0.05, 0.1) is 6.61 Å². The molecule has 1 aliphatic rings. The lowest BCUT2D eigenvalue weighted by atomic mass is 10.1. The predicted molar refractivity (Wildman–Crippen MR) is 67.1 cm³/mol. The lowest BCUT2D eigenvalue weighted by Crippen LogP contribution is -2.26. The molecule has 2 rings (SSSR count). The van der Waals surface area contributed by atoms with Crippen molar-refractivity contribution in [2.75, 3.05) is 19.8 Å². The molecule has 0 amide bonds. The fourth-order valence-electron chi connectivity index (χ4n) is 2.43. The molecule has 0 heterocycles. The molecule has 0 aliphatic heterocycles. The third kappa shape index (κ3) is 4.21. The van der Waals surface area contributed by atoms with Gasteiger partial charge in [-0.25, -0.2) is 0 Å². The zero-order valence-corrected chi connectivity index (χ0v) is 10.9. The van der Waals surface area contributed by atoms with Crippen molar-refractivity contribution in [2.24, 2.45) is 0 Å². The van der Waals surface area contributed by atoms with Gasteiger partial charge in [-0.2, -0.15) is 13.2 Å². The number of fused-ring (bicyclic) bond motifs is 1. The van der Waals surface area contributed by atoms with Gasteiger partial charge >= 0.3 is 6.18 Å². The molecule has 0 bridgehead atoms. The quantitative estimate of drug-likeness (QED) is 0.832. The first-order valence-electron chi connectivity index (χ1n) is 6.43. The molecular formula is C14H18F3NO. The van der Waals surface area contributed by atoms with Crippen LogP contribution in [-0.4, -0.2) is 25.9 Å². The molecule has 0 saturated carbocycles. The van der Waals surface area contributed by atoms with Crippen LogP contribution in [0.3, 0.4) is 0 Å². The summed E-state index contributed by atoms with van der Waals surface area (Å²) in [6, 6.07) is 6.61. The topological polar surface area (TPSA) is 21.3 Å². The summed E-state index contributed by atoms with van der Waals surface area (Å²) >= 11 is 0. The Balaban J connectivity index is 1.76. The van der Waals surface area contributed by atoms with E-state index in [9.17, 15) is 13.2 Å². The van der Waals surface area contributed by atoms with Crippen molar-refractivity contribution in [3.8, 4) is 0 Å². The van der Waals surface area contributed by atoms with Crippen molar-refractivity contribution >= 4 is 0 Å². The van der Waals surface area contributed by atoms with Crippen LogP contribution in [0.15, 0.2) is 18.2 Å². The number of aryl methyl sites for hydroxylation is 2. The minimum atomic E-state index is -4.24. The zero-order valence-electron chi connectivity index (χ0n) is 10.9. The third-order valence-corrected chi connectivity index (χ3v) is 3.28. The first-order chi connectivity index (χ1) is 8.96. The number of hydrogen-bond donors (Lipinski definition) is 1. The number of benzene rings is 1. The molecular weight excluding hydrogens is 255 g/mol. The lowest BCUT2D eigenvalue weighted by Gasteiger charge is -2.15. The fraction of sp³-hybridized carbons (Fsp3) is 0.571. The molecule has 1 aromatic carbocycles. The van der Waals surface area contributed by atoms with Crippen LogP contribution < -0.4 is 5.32 Å². The molecule has 0 spiro atoms. The average Bonchev–Trinajstić information content (AvgIpc) is 2.70. The maximum Gasteiger partial charge on any atom is 0.411 e. The monoisotopic (exact) mass is 273 g/mol. The highest BCUT2D eigenvalue weighted by Crippen LogP contribution is 2.31. The van der Waals surface area contributed by atoms with E-state index in [2.05, 4.69) is 28.3 Å². The van der Waals surface area contributed by atoms with Crippen molar-refractivity contribution in [1.29, 1.82) is 0 Å². The van der Waals surface area contributed by atoms with E-state index in [1.54, 1.807) is 0 Å². The number of ether oxygens (including phenoxy) is 1. The van der Waals surface area contributed by atoms with Gasteiger partial charge in [-0.1, -0.05) is 23.8 Å². The highest BCUT2D eigenvalue weighted by atomic mass is 19.4. The van der Waals surface area contributed by atoms with Crippen LogP contribution in [0.5, 0.6) is 0 Å².